The summed E-state index contributed by atoms with van der Waals surface area (Å²) >= 11 is 0. The van der Waals surface area contributed by atoms with E-state index in [-0.39, 0.29) is 0 Å². The van der Waals surface area contributed by atoms with Gasteiger partial charge in [0.2, 0.25) is 0 Å². The summed E-state index contributed by atoms with van der Waals surface area (Å²) in [5, 5.41) is 12.7. The molecule has 0 bridgehead atoms. The first-order valence-electron chi connectivity index (χ1n) is 24.2. The Balaban J connectivity index is 1.16. The van der Waals surface area contributed by atoms with Gasteiger partial charge in [0, 0.05) is 43.7 Å². The van der Waals surface area contributed by atoms with E-state index in [2.05, 4.69) is 287 Å². The first-order valence-corrected chi connectivity index (χ1v) is 26.2. The van der Waals surface area contributed by atoms with Gasteiger partial charge < -0.3 is 13.7 Å². The number of aromatic nitrogens is 3. The van der Waals surface area contributed by atoms with E-state index < -0.39 is 8.07 Å². The number of hydrogen-bond acceptors (Lipinski definition) is 0. The van der Waals surface area contributed by atoms with E-state index in [4.69, 9.17) is 0 Å². The topological polar surface area (TPSA) is 14.8 Å². The van der Waals surface area contributed by atoms with E-state index in [1.807, 2.05) is 0 Å². The molecule has 0 radical (unpaired) electrons. The summed E-state index contributed by atoms with van der Waals surface area (Å²) in [7, 11) is -3.07. The third-order valence-corrected chi connectivity index (χ3v) is 19.6. The average Bonchev–Trinajstić information content (AvgIpc) is 4.08. The Bertz CT molecular complexity index is 4130. The van der Waals surface area contributed by atoms with Crippen molar-refractivity contribution in [3.8, 4) is 28.2 Å². The molecule has 0 aliphatic rings. The van der Waals surface area contributed by atoms with Gasteiger partial charge in [0.1, 0.15) is 0 Å². The lowest BCUT2D eigenvalue weighted by atomic mass is 10.1. The highest BCUT2D eigenvalue weighted by atomic mass is 28.3. The largest absolute Gasteiger partial charge is 0.309 e. The molecule has 11 aromatic carbocycles. The molecule has 0 aliphatic carbocycles. The lowest BCUT2D eigenvalue weighted by Gasteiger charge is -2.35. The first-order chi connectivity index (χ1) is 34.8. The van der Waals surface area contributed by atoms with Crippen molar-refractivity contribution in [3.05, 3.63) is 273 Å². The van der Waals surface area contributed by atoms with Crippen molar-refractivity contribution >= 4 is 94.2 Å². The highest BCUT2D eigenvalue weighted by Gasteiger charge is 2.43. The maximum absolute atomic E-state index is 3.07. The normalized spacial score (nSPS) is 12.0. The maximum Gasteiger partial charge on any atom is 0.181 e. The molecule has 3 heterocycles. The SMILES string of the molecule is c1ccc(-c2cccc(-n3c4ccccc4c4c(-n5c6cc(-n7c8ccccc8c8ccccc87)ccc6c6cccc([Si](c7ccccc7)(c7ccccc7)c7ccccc7)c65)cccc43)c2)cc1. The molecule has 0 aliphatic heterocycles. The van der Waals surface area contributed by atoms with E-state index in [0.717, 1.165) is 28.1 Å². The van der Waals surface area contributed by atoms with Crippen LogP contribution in [0, 0.1) is 0 Å². The van der Waals surface area contributed by atoms with Crippen molar-refractivity contribution in [1.82, 2.24) is 13.7 Å². The summed E-state index contributed by atoms with van der Waals surface area (Å²) in [6.07, 6.45) is 0. The minimum absolute atomic E-state index is 1.13. The molecular formula is C66H45N3Si. The molecule has 3 aromatic heterocycles. The van der Waals surface area contributed by atoms with Crippen LogP contribution in [-0.2, 0) is 0 Å². The highest BCUT2D eigenvalue weighted by Crippen LogP contribution is 2.42. The zero-order chi connectivity index (χ0) is 46.2. The molecule has 0 saturated heterocycles. The molecule has 0 unspecified atom stereocenters. The lowest BCUT2D eigenvalue weighted by molar-refractivity contribution is 1.16. The predicted molar refractivity (Wildman–Crippen MR) is 299 cm³/mol. The van der Waals surface area contributed by atoms with Gasteiger partial charge in [-0.05, 0) is 86.5 Å². The Morgan fingerprint density at radius 2 is 0.700 bits per heavy atom. The van der Waals surface area contributed by atoms with E-state index in [9.17, 15) is 0 Å². The van der Waals surface area contributed by atoms with Crippen LogP contribution in [0.2, 0.25) is 0 Å². The third-order valence-electron chi connectivity index (χ3n) is 14.8. The molecule has 0 atom stereocenters. The molecule has 14 aromatic rings. The number of rotatable bonds is 8. The highest BCUT2D eigenvalue weighted by molar-refractivity contribution is 7.20. The van der Waals surface area contributed by atoms with Gasteiger partial charge in [0.05, 0.1) is 38.8 Å². The predicted octanol–water partition coefficient (Wildman–Crippen LogP) is 14.0. The Morgan fingerprint density at radius 1 is 0.257 bits per heavy atom. The molecule has 0 spiro atoms. The Morgan fingerprint density at radius 3 is 1.33 bits per heavy atom. The van der Waals surface area contributed by atoms with Crippen molar-refractivity contribution in [3.63, 3.8) is 0 Å². The molecule has 70 heavy (non-hydrogen) atoms. The quantitative estimate of drug-likeness (QED) is 0.107. The van der Waals surface area contributed by atoms with Crippen molar-refractivity contribution in [2.24, 2.45) is 0 Å². The summed E-state index contributed by atoms with van der Waals surface area (Å²) in [5.41, 5.74) is 12.9. The summed E-state index contributed by atoms with van der Waals surface area (Å²) in [6.45, 7) is 0. The van der Waals surface area contributed by atoms with E-state index >= 15 is 0 Å². The number of hydrogen-bond donors (Lipinski definition) is 0. The summed E-state index contributed by atoms with van der Waals surface area (Å²) in [4.78, 5) is 0. The number of fused-ring (bicyclic) bond motifs is 9. The van der Waals surface area contributed by atoms with Crippen LogP contribution in [0.4, 0.5) is 0 Å². The molecule has 3 nitrogen and oxygen atoms in total. The van der Waals surface area contributed by atoms with Crippen LogP contribution in [0.3, 0.4) is 0 Å². The van der Waals surface area contributed by atoms with E-state index in [0.29, 0.717) is 0 Å². The second kappa shape index (κ2) is 16.1. The van der Waals surface area contributed by atoms with Gasteiger partial charge in [-0.3, -0.25) is 0 Å². The number of benzene rings is 11. The van der Waals surface area contributed by atoms with Gasteiger partial charge in [-0.1, -0.05) is 218 Å². The smallest absolute Gasteiger partial charge is 0.181 e. The fourth-order valence-corrected chi connectivity index (χ4v) is 16.9. The molecule has 4 heteroatoms. The first kappa shape index (κ1) is 40.1. The van der Waals surface area contributed by atoms with Crippen molar-refractivity contribution in [2.75, 3.05) is 0 Å². The van der Waals surface area contributed by atoms with Crippen molar-refractivity contribution in [1.29, 1.82) is 0 Å². The minimum atomic E-state index is -3.07. The second-order valence-electron chi connectivity index (χ2n) is 18.4. The molecule has 0 saturated carbocycles. The number of para-hydroxylation sites is 4. The third kappa shape index (κ3) is 5.94. The van der Waals surface area contributed by atoms with Gasteiger partial charge >= 0.3 is 0 Å². The van der Waals surface area contributed by atoms with Crippen LogP contribution in [0.15, 0.2) is 273 Å². The Hall–Kier alpha value is -8.96. The summed E-state index contributed by atoms with van der Waals surface area (Å²) in [5.74, 6) is 0. The molecule has 0 fully saturated rings. The fraction of sp³-hybridized carbons (Fsp3) is 0. The van der Waals surface area contributed by atoms with Crippen LogP contribution < -0.4 is 20.7 Å². The van der Waals surface area contributed by atoms with Gasteiger partial charge in [0.25, 0.3) is 0 Å². The fourth-order valence-electron chi connectivity index (χ4n) is 11.9. The number of nitrogens with zero attached hydrogens (tertiary/aromatic N) is 3. The van der Waals surface area contributed by atoms with Gasteiger partial charge in [-0.2, -0.15) is 0 Å². The van der Waals surface area contributed by atoms with Gasteiger partial charge in [-0.25, -0.2) is 0 Å². The van der Waals surface area contributed by atoms with Crippen LogP contribution in [-0.4, -0.2) is 21.8 Å². The van der Waals surface area contributed by atoms with Crippen LogP contribution in [0.5, 0.6) is 0 Å². The zero-order valence-corrected chi connectivity index (χ0v) is 39.3. The van der Waals surface area contributed by atoms with E-state index in [1.54, 1.807) is 0 Å². The zero-order valence-electron chi connectivity index (χ0n) is 38.3. The van der Waals surface area contributed by atoms with Crippen molar-refractivity contribution in [2.45, 2.75) is 0 Å². The summed E-state index contributed by atoms with van der Waals surface area (Å²) in [6, 6.07) is 102. The van der Waals surface area contributed by atoms with Gasteiger partial charge in [-0.15, -0.1) is 0 Å². The molecule has 14 rings (SSSR count). The molecule has 328 valence electrons. The van der Waals surface area contributed by atoms with Crippen LogP contribution in [0.1, 0.15) is 0 Å². The second-order valence-corrected chi connectivity index (χ2v) is 22.2. The minimum Gasteiger partial charge on any atom is -0.309 e. The Labute approximate surface area is 407 Å². The molecule has 0 N–H and O–H groups in total. The standard InChI is InChI=1S/C66H45N3Si/c1-5-22-46(23-6-1)47-24-19-25-48(44-47)68-60-38-18-15-34-57(60)65-61(68)39-21-40-62(65)69-63-45-49(67-58-36-16-13-32-53(58)54-33-14-17-37-59(54)67)42-43-55(63)56-35-20-41-64(66(56)69)70(50-26-7-2-8-27-50,51-28-9-3-10-29-51)52-30-11-4-12-31-52/h1-45H. The van der Waals surface area contributed by atoms with Gasteiger partial charge in [0.15, 0.2) is 8.07 Å². The monoisotopic (exact) mass is 907 g/mol. The lowest BCUT2D eigenvalue weighted by Crippen LogP contribution is -2.75. The molecule has 0 amide bonds. The van der Waals surface area contributed by atoms with Crippen molar-refractivity contribution < 1.29 is 0 Å². The maximum atomic E-state index is 2.65. The van der Waals surface area contributed by atoms with Crippen LogP contribution in [0.25, 0.3) is 93.6 Å². The summed E-state index contributed by atoms with van der Waals surface area (Å²) < 4.78 is 7.57. The Kier molecular flexibility index (Phi) is 9.23. The molecular weight excluding hydrogens is 863 g/mol. The van der Waals surface area contributed by atoms with Crippen LogP contribution >= 0.6 is 0 Å². The van der Waals surface area contributed by atoms with E-state index in [1.165, 1.54) is 86.3 Å². The average molecular weight is 908 g/mol.